The van der Waals surface area contributed by atoms with Crippen molar-refractivity contribution in [1.82, 2.24) is 10.6 Å². The van der Waals surface area contributed by atoms with E-state index in [1.807, 2.05) is 0 Å². The van der Waals surface area contributed by atoms with Crippen LogP contribution in [0, 0.1) is 5.92 Å². The maximum absolute atomic E-state index is 11.6. The first-order chi connectivity index (χ1) is 8.61. The van der Waals surface area contributed by atoms with Crippen LogP contribution in [0.3, 0.4) is 0 Å². The summed E-state index contributed by atoms with van der Waals surface area (Å²) in [7, 11) is 0. The van der Waals surface area contributed by atoms with Gasteiger partial charge in [-0.1, -0.05) is 26.2 Å². The summed E-state index contributed by atoms with van der Waals surface area (Å²) in [4.78, 5) is 21.9. The van der Waals surface area contributed by atoms with Gasteiger partial charge < -0.3 is 15.7 Å². The average Bonchev–Trinajstić information content (AvgIpc) is 2.34. The van der Waals surface area contributed by atoms with E-state index in [2.05, 4.69) is 17.6 Å². The molecule has 0 aromatic heterocycles. The van der Waals surface area contributed by atoms with Gasteiger partial charge in [0.2, 0.25) is 0 Å². The second-order valence-electron chi connectivity index (χ2n) is 5.04. The van der Waals surface area contributed by atoms with Crippen LogP contribution >= 0.6 is 0 Å². The lowest BCUT2D eigenvalue weighted by molar-refractivity contribution is -0.137. The Labute approximate surface area is 108 Å². The highest BCUT2D eigenvalue weighted by molar-refractivity contribution is 5.74. The molecule has 1 aliphatic rings. The molecule has 5 nitrogen and oxygen atoms in total. The predicted octanol–water partition coefficient (Wildman–Crippen LogP) is 2.12. The van der Waals surface area contributed by atoms with Crippen LogP contribution in [0.15, 0.2) is 0 Å². The number of carbonyl (C=O) groups excluding carboxylic acids is 1. The third-order valence-corrected chi connectivity index (χ3v) is 3.55. The predicted molar refractivity (Wildman–Crippen MR) is 69.4 cm³/mol. The zero-order valence-corrected chi connectivity index (χ0v) is 11.1. The zero-order chi connectivity index (χ0) is 13.4. The number of hydrogen-bond donors (Lipinski definition) is 3. The molecule has 0 saturated heterocycles. The van der Waals surface area contributed by atoms with Gasteiger partial charge in [-0.15, -0.1) is 0 Å². The second kappa shape index (κ2) is 7.95. The molecule has 104 valence electrons. The van der Waals surface area contributed by atoms with Gasteiger partial charge in [0.15, 0.2) is 0 Å². The number of amides is 2. The normalized spacial score (nSPS) is 23.4. The van der Waals surface area contributed by atoms with Gasteiger partial charge >= 0.3 is 12.0 Å². The number of urea groups is 1. The van der Waals surface area contributed by atoms with E-state index in [-0.39, 0.29) is 18.5 Å². The van der Waals surface area contributed by atoms with Crippen molar-refractivity contribution in [2.45, 2.75) is 57.9 Å². The van der Waals surface area contributed by atoms with Gasteiger partial charge in [0.25, 0.3) is 0 Å². The lowest BCUT2D eigenvalue weighted by Crippen LogP contribution is -2.44. The van der Waals surface area contributed by atoms with E-state index in [0.29, 0.717) is 13.0 Å². The Morgan fingerprint density at radius 3 is 2.78 bits per heavy atom. The Hall–Kier alpha value is -1.26. The molecule has 18 heavy (non-hydrogen) atoms. The first-order valence-corrected chi connectivity index (χ1v) is 6.88. The van der Waals surface area contributed by atoms with Gasteiger partial charge in [-0.05, 0) is 25.2 Å². The summed E-state index contributed by atoms with van der Waals surface area (Å²) >= 11 is 0. The fourth-order valence-electron chi connectivity index (χ4n) is 2.47. The molecule has 0 aliphatic heterocycles. The highest BCUT2D eigenvalue weighted by atomic mass is 16.4. The lowest BCUT2D eigenvalue weighted by atomic mass is 9.84. The van der Waals surface area contributed by atoms with Crippen molar-refractivity contribution in [3.8, 4) is 0 Å². The molecule has 1 fully saturated rings. The minimum atomic E-state index is -0.824. The molecule has 2 atom stereocenters. The number of aliphatic carboxylic acids is 1. The molecular weight excluding hydrogens is 232 g/mol. The quantitative estimate of drug-likeness (QED) is 0.637. The molecule has 0 aromatic rings. The molecule has 0 aromatic carbocycles. The van der Waals surface area contributed by atoms with Crippen molar-refractivity contribution >= 4 is 12.0 Å². The zero-order valence-electron chi connectivity index (χ0n) is 11.1. The SMILES string of the molecule is CCC1CCCC(NC(=O)NCCCC(=O)O)C1. The molecule has 2 unspecified atom stereocenters. The molecule has 0 heterocycles. The van der Waals surface area contributed by atoms with Crippen LogP contribution in [0.2, 0.25) is 0 Å². The number of carboxylic acids is 1. The van der Waals surface area contributed by atoms with Crippen LogP contribution in [-0.4, -0.2) is 29.7 Å². The number of hydrogen-bond acceptors (Lipinski definition) is 2. The van der Waals surface area contributed by atoms with E-state index in [1.165, 1.54) is 19.3 Å². The monoisotopic (exact) mass is 256 g/mol. The van der Waals surface area contributed by atoms with E-state index in [0.717, 1.165) is 18.8 Å². The smallest absolute Gasteiger partial charge is 0.315 e. The van der Waals surface area contributed by atoms with Crippen LogP contribution in [-0.2, 0) is 4.79 Å². The van der Waals surface area contributed by atoms with E-state index in [9.17, 15) is 9.59 Å². The Kier molecular flexibility index (Phi) is 6.54. The molecule has 1 rings (SSSR count). The van der Waals surface area contributed by atoms with Gasteiger partial charge in [-0.3, -0.25) is 4.79 Å². The Morgan fingerprint density at radius 2 is 2.11 bits per heavy atom. The van der Waals surface area contributed by atoms with Crippen LogP contribution in [0.25, 0.3) is 0 Å². The first kappa shape index (κ1) is 14.8. The van der Waals surface area contributed by atoms with Crippen molar-refractivity contribution in [2.75, 3.05) is 6.54 Å². The topological polar surface area (TPSA) is 78.4 Å². The maximum atomic E-state index is 11.6. The van der Waals surface area contributed by atoms with E-state index >= 15 is 0 Å². The summed E-state index contributed by atoms with van der Waals surface area (Å²) in [6, 6.07) is 0.116. The van der Waals surface area contributed by atoms with Gasteiger partial charge in [0, 0.05) is 19.0 Å². The number of carbonyl (C=O) groups is 2. The fourth-order valence-corrected chi connectivity index (χ4v) is 2.47. The summed E-state index contributed by atoms with van der Waals surface area (Å²) in [6.07, 6.45) is 6.33. The van der Waals surface area contributed by atoms with Crippen LogP contribution in [0.5, 0.6) is 0 Å². The molecule has 0 spiro atoms. The summed E-state index contributed by atoms with van der Waals surface area (Å²) in [6.45, 7) is 2.61. The lowest BCUT2D eigenvalue weighted by Gasteiger charge is -2.29. The molecule has 0 radical (unpaired) electrons. The molecule has 3 N–H and O–H groups in total. The highest BCUT2D eigenvalue weighted by Gasteiger charge is 2.21. The minimum Gasteiger partial charge on any atom is -0.481 e. The largest absolute Gasteiger partial charge is 0.481 e. The maximum Gasteiger partial charge on any atom is 0.315 e. The summed E-state index contributed by atoms with van der Waals surface area (Å²) in [5.41, 5.74) is 0. The highest BCUT2D eigenvalue weighted by Crippen LogP contribution is 2.26. The molecule has 1 aliphatic carbocycles. The molecule has 1 saturated carbocycles. The van der Waals surface area contributed by atoms with E-state index < -0.39 is 5.97 Å². The average molecular weight is 256 g/mol. The van der Waals surface area contributed by atoms with Gasteiger partial charge in [-0.25, -0.2) is 4.79 Å². The Bertz CT molecular complexity index is 281. The molecule has 0 bridgehead atoms. The van der Waals surface area contributed by atoms with E-state index in [4.69, 9.17) is 5.11 Å². The van der Waals surface area contributed by atoms with Crippen molar-refractivity contribution in [2.24, 2.45) is 5.92 Å². The number of carboxylic acid groups (broad SMARTS) is 1. The van der Waals surface area contributed by atoms with Crippen LogP contribution in [0.1, 0.15) is 51.9 Å². The third-order valence-electron chi connectivity index (χ3n) is 3.55. The molecule has 2 amide bonds. The fraction of sp³-hybridized carbons (Fsp3) is 0.846. The van der Waals surface area contributed by atoms with Crippen molar-refractivity contribution < 1.29 is 14.7 Å². The second-order valence-corrected chi connectivity index (χ2v) is 5.04. The van der Waals surface area contributed by atoms with Crippen molar-refractivity contribution in [3.05, 3.63) is 0 Å². The molecular formula is C13H24N2O3. The summed E-state index contributed by atoms with van der Waals surface area (Å²) in [5, 5.41) is 14.1. The summed E-state index contributed by atoms with van der Waals surface area (Å²) < 4.78 is 0. The standard InChI is InChI=1S/C13H24N2O3/c1-2-10-5-3-6-11(9-10)15-13(18)14-8-4-7-12(16)17/h10-11H,2-9H2,1H3,(H,16,17)(H2,14,15,18). The molecule has 5 heteroatoms. The van der Waals surface area contributed by atoms with Crippen molar-refractivity contribution in [1.29, 1.82) is 0 Å². The third kappa shape index (κ3) is 5.89. The minimum absolute atomic E-state index is 0.0988. The van der Waals surface area contributed by atoms with Gasteiger partial charge in [0.05, 0.1) is 0 Å². The number of rotatable bonds is 6. The van der Waals surface area contributed by atoms with Crippen LogP contribution < -0.4 is 10.6 Å². The first-order valence-electron chi connectivity index (χ1n) is 6.88. The van der Waals surface area contributed by atoms with E-state index in [1.54, 1.807) is 0 Å². The van der Waals surface area contributed by atoms with Crippen LogP contribution in [0.4, 0.5) is 4.79 Å². The Balaban J connectivity index is 2.13. The summed E-state index contributed by atoms with van der Waals surface area (Å²) in [5.74, 6) is -0.0914. The number of nitrogens with one attached hydrogen (secondary N) is 2. The van der Waals surface area contributed by atoms with Gasteiger partial charge in [-0.2, -0.15) is 0 Å². The van der Waals surface area contributed by atoms with Crippen molar-refractivity contribution in [3.63, 3.8) is 0 Å². The Morgan fingerprint density at radius 1 is 1.33 bits per heavy atom. The van der Waals surface area contributed by atoms with Gasteiger partial charge in [0.1, 0.15) is 0 Å².